The molecule has 0 aliphatic heterocycles. The minimum atomic E-state index is -3.20. The standard InChI is InChI=1S/C17H13Cl2F2N7O3/c1-7-5-8(6-11(18)22-7)14(29)23-13-10(31-16(20)21)4-3-9(12(13)19)15(30)24-17-25-26-27-28(17)2/h3-6,16H,1-2H3,(H,23,29)(H,24,25,27,30). The number of ether oxygens (including phenoxy) is 1. The molecule has 0 atom stereocenters. The van der Waals surface area contributed by atoms with Gasteiger partial charge in [0.15, 0.2) is 5.75 Å². The first kappa shape index (κ1) is 22.3. The molecule has 1 aromatic carbocycles. The second-order valence-corrected chi connectivity index (χ2v) is 6.80. The molecular formula is C17H13Cl2F2N7O3. The van der Waals surface area contributed by atoms with Crippen LogP contribution in [0.5, 0.6) is 5.75 Å². The third-order valence-electron chi connectivity index (χ3n) is 3.83. The Morgan fingerprint density at radius 3 is 2.52 bits per heavy atom. The van der Waals surface area contributed by atoms with Crippen LogP contribution in [0.1, 0.15) is 26.4 Å². The topological polar surface area (TPSA) is 124 Å². The van der Waals surface area contributed by atoms with Crippen LogP contribution in [0.15, 0.2) is 24.3 Å². The molecule has 0 unspecified atom stereocenters. The van der Waals surface area contributed by atoms with Gasteiger partial charge < -0.3 is 10.1 Å². The molecule has 0 saturated heterocycles. The fourth-order valence-corrected chi connectivity index (χ4v) is 3.03. The summed E-state index contributed by atoms with van der Waals surface area (Å²) < 4.78 is 31.3. The Morgan fingerprint density at radius 2 is 1.90 bits per heavy atom. The summed E-state index contributed by atoms with van der Waals surface area (Å²) in [6.45, 7) is -1.58. The number of carbonyl (C=O) groups is 2. The van der Waals surface area contributed by atoms with Crippen molar-refractivity contribution >= 4 is 46.7 Å². The molecule has 0 spiro atoms. The van der Waals surface area contributed by atoms with Crippen LogP contribution in [-0.4, -0.2) is 43.6 Å². The zero-order chi connectivity index (χ0) is 22.7. The molecule has 14 heteroatoms. The Bertz CT molecular complexity index is 1140. The van der Waals surface area contributed by atoms with Crippen molar-refractivity contribution in [1.82, 2.24) is 25.2 Å². The highest BCUT2D eigenvalue weighted by molar-refractivity contribution is 6.38. The maximum absolute atomic E-state index is 12.8. The molecule has 2 amide bonds. The number of hydrogen-bond donors (Lipinski definition) is 2. The summed E-state index contributed by atoms with van der Waals surface area (Å²) in [5.41, 5.74) is 0.0709. The summed E-state index contributed by atoms with van der Waals surface area (Å²) in [6.07, 6.45) is 0. The van der Waals surface area contributed by atoms with Crippen LogP contribution < -0.4 is 15.4 Å². The average molecular weight is 472 g/mol. The number of aromatic nitrogens is 5. The summed E-state index contributed by atoms with van der Waals surface area (Å²) >= 11 is 12.1. The molecule has 10 nitrogen and oxygen atoms in total. The zero-order valence-corrected chi connectivity index (χ0v) is 17.4. The van der Waals surface area contributed by atoms with E-state index in [2.05, 4.69) is 35.9 Å². The number of amides is 2. The number of nitrogens with zero attached hydrogens (tertiary/aromatic N) is 5. The van der Waals surface area contributed by atoms with E-state index in [0.29, 0.717) is 5.69 Å². The van der Waals surface area contributed by atoms with E-state index < -0.39 is 24.2 Å². The number of nitrogens with one attached hydrogen (secondary N) is 2. The van der Waals surface area contributed by atoms with E-state index in [9.17, 15) is 18.4 Å². The van der Waals surface area contributed by atoms with E-state index >= 15 is 0 Å². The lowest BCUT2D eigenvalue weighted by atomic mass is 10.1. The molecule has 2 aromatic heterocycles. The van der Waals surface area contributed by atoms with E-state index in [0.717, 1.165) is 12.1 Å². The normalized spacial score (nSPS) is 10.8. The molecule has 2 N–H and O–H groups in total. The van der Waals surface area contributed by atoms with E-state index in [1.54, 1.807) is 6.92 Å². The Morgan fingerprint density at radius 1 is 1.16 bits per heavy atom. The van der Waals surface area contributed by atoms with E-state index in [1.807, 2.05) is 0 Å². The minimum Gasteiger partial charge on any atom is -0.433 e. The van der Waals surface area contributed by atoms with Crippen molar-refractivity contribution in [2.24, 2.45) is 7.05 Å². The van der Waals surface area contributed by atoms with Crippen LogP contribution in [0, 0.1) is 6.92 Å². The largest absolute Gasteiger partial charge is 0.433 e. The number of pyridine rings is 1. The summed E-state index contributed by atoms with van der Waals surface area (Å²) in [7, 11) is 1.49. The van der Waals surface area contributed by atoms with Gasteiger partial charge in [-0.2, -0.15) is 8.78 Å². The number of tetrazole rings is 1. The van der Waals surface area contributed by atoms with Gasteiger partial charge >= 0.3 is 6.61 Å². The van der Waals surface area contributed by atoms with Crippen LogP contribution in [0.3, 0.4) is 0 Å². The van der Waals surface area contributed by atoms with Crippen LogP contribution in [0.2, 0.25) is 10.2 Å². The lowest BCUT2D eigenvalue weighted by Gasteiger charge is -2.16. The minimum absolute atomic E-state index is 0.0152. The van der Waals surface area contributed by atoms with Gasteiger partial charge in [-0.05, 0) is 41.6 Å². The first-order valence-corrected chi connectivity index (χ1v) is 9.18. The smallest absolute Gasteiger partial charge is 0.387 e. The molecule has 0 bridgehead atoms. The van der Waals surface area contributed by atoms with Gasteiger partial charge in [0.2, 0.25) is 5.95 Å². The van der Waals surface area contributed by atoms with Crippen molar-refractivity contribution in [1.29, 1.82) is 0 Å². The summed E-state index contributed by atoms with van der Waals surface area (Å²) in [5.74, 6) is -1.91. The van der Waals surface area contributed by atoms with Gasteiger partial charge in [0.05, 0.1) is 10.6 Å². The third kappa shape index (κ3) is 5.22. The number of rotatable bonds is 6. The number of alkyl halides is 2. The molecule has 2 heterocycles. The molecule has 3 rings (SSSR count). The number of anilines is 2. The van der Waals surface area contributed by atoms with Crippen LogP contribution >= 0.6 is 23.2 Å². The van der Waals surface area contributed by atoms with Gasteiger partial charge in [0, 0.05) is 18.3 Å². The van der Waals surface area contributed by atoms with Gasteiger partial charge in [-0.3, -0.25) is 14.9 Å². The van der Waals surface area contributed by atoms with Crippen molar-refractivity contribution in [3.63, 3.8) is 0 Å². The van der Waals surface area contributed by atoms with Gasteiger partial charge in [0.1, 0.15) is 10.8 Å². The van der Waals surface area contributed by atoms with Crippen molar-refractivity contribution in [2.75, 3.05) is 10.6 Å². The molecule has 0 radical (unpaired) electrons. The van der Waals surface area contributed by atoms with E-state index in [4.69, 9.17) is 23.2 Å². The first-order valence-electron chi connectivity index (χ1n) is 8.42. The summed E-state index contributed by atoms with van der Waals surface area (Å²) in [4.78, 5) is 29.2. The van der Waals surface area contributed by atoms with Crippen LogP contribution in [0.25, 0.3) is 0 Å². The maximum Gasteiger partial charge on any atom is 0.387 e. The molecule has 162 valence electrons. The lowest BCUT2D eigenvalue weighted by Crippen LogP contribution is -2.19. The van der Waals surface area contributed by atoms with Gasteiger partial charge in [-0.1, -0.05) is 28.3 Å². The van der Waals surface area contributed by atoms with E-state index in [1.165, 1.54) is 23.9 Å². The lowest BCUT2D eigenvalue weighted by molar-refractivity contribution is -0.0493. The van der Waals surface area contributed by atoms with Gasteiger partial charge in [-0.15, -0.1) is 0 Å². The Labute approximate surface area is 183 Å². The monoisotopic (exact) mass is 471 g/mol. The molecule has 0 aliphatic rings. The van der Waals surface area contributed by atoms with E-state index in [-0.39, 0.29) is 32.9 Å². The van der Waals surface area contributed by atoms with Crippen molar-refractivity contribution < 1.29 is 23.1 Å². The molecule has 3 aromatic rings. The molecule has 0 aliphatic carbocycles. The number of hydrogen-bond acceptors (Lipinski definition) is 7. The molecule has 31 heavy (non-hydrogen) atoms. The highest BCUT2D eigenvalue weighted by atomic mass is 35.5. The highest BCUT2D eigenvalue weighted by Gasteiger charge is 2.23. The number of carbonyl (C=O) groups excluding carboxylic acids is 2. The fourth-order valence-electron chi connectivity index (χ4n) is 2.49. The van der Waals surface area contributed by atoms with Gasteiger partial charge in [-0.25, -0.2) is 9.67 Å². The summed E-state index contributed by atoms with van der Waals surface area (Å²) in [5, 5.41) is 15.1. The first-order chi connectivity index (χ1) is 14.7. The van der Waals surface area contributed by atoms with Crippen molar-refractivity contribution in [2.45, 2.75) is 13.5 Å². The quantitative estimate of drug-likeness (QED) is 0.528. The Balaban J connectivity index is 1.97. The highest BCUT2D eigenvalue weighted by Crippen LogP contribution is 2.37. The predicted octanol–water partition coefficient (Wildman–Crippen LogP) is 3.33. The van der Waals surface area contributed by atoms with Crippen LogP contribution in [-0.2, 0) is 7.05 Å². The average Bonchev–Trinajstić information content (AvgIpc) is 3.07. The summed E-state index contributed by atoms with van der Waals surface area (Å²) in [6, 6.07) is 4.94. The molecular weight excluding hydrogens is 459 g/mol. The second kappa shape index (κ2) is 9.18. The Kier molecular flexibility index (Phi) is 6.61. The van der Waals surface area contributed by atoms with Crippen molar-refractivity contribution in [3.8, 4) is 5.75 Å². The second-order valence-electron chi connectivity index (χ2n) is 6.03. The third-order valence-corrected chi connectivity index (χ3v) is 4.42. The SMILES string of the molecule is Cc1cc(C(=O)Nc2c(OC(F)F)ccc(C(=O)Nc3nnnn3C)c2Cl)cc(Cl)n1. The zero-order valence-electron chi connectivity index (χ0n) is 15.9. The number of benzene rings is 1. The molecule has 0 fully saturated rings. The van der Waals surface area contributed by atoms with Crippen molar-refractivity contribution in [3.05, 3.63) is 51.3 Å². The predicted molar refractivity (Wildman–Crippen MR) is 107 cm³/mol. The molecule has 0 saturated carbocycles. The maximum atomic E-state index is 12.8. The van der Waals surface area contributed by atoms with Gasteiger partial charge in [0.25, 0.3) is 11.8 Å². The Hall–Kier alpha value is -3.38. The van der Waals surface area contributed by atoms with Crippen LogP contribution in [0.4, 0.5) is 20.4 Å². The number of aryl methyl sites for hydroxylation is 2. The fraction of sp³-hybridized carbons (Fsp3) is 0.176. The number of halogens is 4.